The molecule has 0 atom stereocenters. The first-order chi connectivity index (χ1) is 9.68. The molecule has 1 amide bonds. The maximum Gasteiger partial charge on any atom is 0.272 e. The zero-order valence-electron chi connectivity index (χ0n) is 10.8. The van der Waals surface area contributed by atoms with Crippen molar-refractivity contribution in [2.75, 3.05) is 5.32 Å². The number of nitrogens with zero attached hydrogens (tertiary/aromatic N) is 1. The van der Waals surface area contributed by atoms with Gasteiger partial charge in [-0.3, -0.25) is 4.79 Å². The molecule has 2 aromatic rings. The fraction of sp³-hybridized carbons (Fsp3) is 0.0833. The highest BCUT2D eigenvalue weighted by Crippen LogP contribution is 2.26. The lowest BCUT2D eigenvalue weighted by Gasteiger charge is -2.09. The minimum atomic E-state index is -3.79. The molecule has 1 heterocycles. The van der Waals surface area contributed by atoms with Crippen LogP contribution in [0.3, 0.4) is 0 Å². The molecule has 3 N–H and O–H groups in total. The summed E-state index contributed by atoms with van der Waals surface area (Å²) in [5.74, 6) is -0.367. The molecule has 0 aliphatic rings. The van der Waals surface area contributed by atoms with E-state index in [2.05, 4.69) is 21.2 Å². The number of halogens is 2. The molecule has 0 bridgehead atoms. The van der Waals surface area contributed by atoms with Crippen LogP contribution in [-0.4, -0.2) is 18.9 Å². The Morgan fingerprint density at radius 2 is 2.05 bits per heavy atom. The summed E-state index contributed by atoms with van der Waals surface area (Å²) in [4.78, 5) is 12.1. The normalized spacial score (nSPS) is 11.4. The van der Waals surface area contributed by atoms with Gasteiger partial charge < -0.3 is 9.88 Å². The number of aryl methyl sites for hydroxylation is 1. The Morgan fingerprint density at radius 3 is 2.52 bits per heavy atom. The van der Waals surface area contributed by atoms with Crippen LogP contribution in [0.25, 0.3) is 0 Å². The Labute approximate surface area is 135 Å². The number of rotatable bonds is 3. The SMILES string of the molecule is Cn1cc(Cl)cc1C(=O)Nc1ccc(S(N)(=O)=O)cc1Br. The molecule has 112 valence electrons. The summed E-state index contributed by atoms with van der Waals surface area (Å²) in [5, 5.41) is 8.15. The predicted molar refractivity (Wildman–Crippen MR) is 83.9 cm³/mol. The molecule has 2 rings (SSSR count). The molecule has 0 saturated heterocycles. The zero-order chi connectivity index (χ0) is 15.8. The van der Waals surface area contributed by atoms with E-state index in [0.29, 0.717) is 20.9 Å². The highest BCUT2D eigenvalue weighted by molar-refractivity contribution is 9.10. The minimum Gasteiger partial charge on any atom is -0.345 e. The maximum atomic E-state index is 12.1. The summed E-state index contributed by atoms with van der Waals surface area (Å²) in [6.07, 6.45) is 1.61. The summed E-state index contributed by atoms with van der Waals surface area (Å²) in [5.41, 5.74) is 0.798. The third-order valence-electron chi connectivity index (χ3n) is 2.72. The lowest BCUT2D eigenvalue weighted by atomic mass is 10.3. The average Bonchev–Trinajstić information content (AvgIpc) is 2.69. The van der Waals surface area contributed by atoms with E-state index in [0.717, 1.165) is 0 Å². The van der Waals surface area contributed by atoms with Gasteiger partial charge in [-0.1, -0.05) is 11.6 Å². The van der Waals surface area contributed by atoms with Crippen molar-refractivity contribution < 1.29 is 13.2 Å². The van der Waals surface area contributed by atoms with Crippen LogP contribution in [0, 0.1) is 0 Å². The molecule has 0 fully saturated rings. The molecule has 1 aromatic carbocycles. The highest BCUT2D eigenvalue weighted by atomic mass is 79.9. The molecule has 9 heteroatoms. The lowest BCUT2D eigenvalue weighted by molar-refractivity contribution is 0.101. The standard InChI is InChI=1S/C12H11BrClN3O3S/c1-17-6-7(14)4-11(17)12(18)16-10-3-2-8(5-9(10)13)21(15,19)20/h2-6H,1H3,(H,16,18)(H2,15,19,20). The number of hydrogen-bond acceptors (Lipinski definition) is 3. The molecule has 0 unspecified atom stereocenters. The summed E-state index contributed by atoms with van der Waals surface area (Å²) in [7, 11) is -2.10. The lowest BCUT2D eigenvalue weighted by Crippen LogP contribution is -2.16. The summed E-state index contributed by atoms with van der Waals surface area (Å²) < 4.78 is 24.5. The van der Waals surface area contributed by atoms with Gasteiger partial charge in [0.2, 0.25) is 10.0 Å². The van der Waals surface area contributed by atoms with Crippen LogP contribution in [0.4, 0.5) is 5.69 Å². The molecule has 6 nitrogen and oxygen atoms in total. The van der Waals surface area contributed by atoms with Gasteiger partial charge in [0.15, 0.2) is 0 Å². The Balaban J connectivity index is 2.28. The van der Waals surface area contributed by atoms with Gasteiger partial charge >= 0.3 is 0 Å². The maximum absolute atomic E-state index is 12.1. The second kappa shape index (κ2) is 5.80. The number of anilines is 1. The van der Waals surface area contributed by atoms with Crippen molar-refractivity contribution in [3.05, 3.63) is 45.7 Å². The molecular weight excluding hydrogens is 382 g/mol. The monoisotopic (exact) mass is 391 g/mol. The van der Waals surface area contributed by atoms with Crippen LogP contribution in [-0.2, 0) is 17.1 Å². The van der Waals surface area contributed by atoms with Crippen LogP contribution >= 0.6 is 27.5 Å². The Morgan fingerprint density at radius 1 is 1.38 bits per heavy atom. The number of carbonyl (C=O) groups is 1. The minimum absolute atomic E-state index is 0.0470. The van der Waals surface area contributed by atoms with Crippen LogP contribution < -0.4 is 10.5 Å². The second-order valence-corrected chi connectivity index (χ2v) is 7.15. The fourth-order valence-corrected chi connectivity index (χ4v) is 3.13. The van der Waals surface area contributed by atoms with Crippen molar-refractivity contribution in [1.29, 1.82) is 0 Å². The van der Waals surface area contributed by atoms with Gasteiger partial charge in [0.25, 0.3) is 5.91 Å². The van der Waals surface area contributed by atoms with Crippen LogP contribution in [0.2, 0.25) is 5.02 Å². The number of amides is 1. The average molecular weight is 393 g/mol. The number of benzene rings is 1. The van der Waals surface area contributed by atoms with Crippen LogP contribution in [0.15, 0.2) is 39.8 Å². The Hall–Kier alpha value is -1.35. The molecule has 0 aliphatic carbocycles. The van der Waals surface area contributed by atoms with Gasteiger partial charge in [-0.05, 0) is 40.2 Å². The van der Waals surface area contributed by atoms with Crippen molar-refractivity contribution in [2.24, 2.45) is 12.2 Å². The van der Waals surface area contributed by atoms with Crippen molar-refractivity contribution in [3.8, 4) is 0 Å². The molecule has 0 aliphatic heterocycles. The number of sulfonamides is 1. The summed E-state index contributed by atoms with van der Waals surface area (Å²) >= 11 is 9.02. The molecule has 0 radical (unpaired) electrons. The fourth-order valence-electron chi connectivity index (χ4n) is 1.71. The van der Waals surface area contributed by atoms with Gasteiger partial charge in [0.05, 0.1) is 15.6 Å². The summed E-state index contributed by atoms with van der Waals surface area (Å²) in [6, 6.07) is 5.62. The highest BCUT2D eigenvalue weighted by Gasteiger charge is 2.15. The van der Waals surface area contributed by atoms with Crippen molar-refractivity contribution in [2.45, 2.75) is 4.90 Å². The third-order valence-corrected chi connectivity index (χ3v) is 4.50. The van der Waals surface area contributed by atoms with Crippen molar-refractivity contribution in [1.82, 2.24) is 4.57 Å². The van der Waals surface area contributed by atoms with Crippen molar-refractivity contribution in [3.63, 3.8) is 0 Å². The molecule has 21 heavy (non-hydrogen) atoms. The van der Waals surface area contributed by atoms with Gasteiger partial charge in [-0.25, -0.2) is 13.6 Å². The van der Waals surface area contributed by atoms with E-state index in [4.69, 9.17) is 16.7 Å². The van der Waals surface area contributed by atoms with E-state index in [1.807, 2.05) is 0 Å². The van der Waals surface area contributed by atoms with Gasteiger partial charge in [0.1, 0.15) is 5.69 Å². The number of hydrogen-bond donors (Lipinski definition) is 2. The van der Waals surface area contributed by atoms with Gasteiger partial charge in [0, 0.05) is 17.7 Å². The molecule has 0 saturated carbocycles. The third kappa shape index (κ3) is 3.65. The van der Waals surface area contributed by atoms with E-state index < -0.39 is 10.0 Å². The number of carbonyl (C=O) groups excluding carboxylic acids is 1. The number of nitrogens with one attached hydrogen (secondary N) is 1. The van der Waals surface area contributed by atoms with Crippen LogP contribution in [0.1, 0.15) is 10.5 Å². The predicted octanol–water partition coefficient (Wildman–Crippen LogP) is 2.34. The first-order valence-corrected chi connectivity index (χ1v) is 8.36. The van der Waals surface area contributed by atoms with Gasteiger partial charge in [-0.15, -0.1) is 0 Å². The topological polar surface area (TPSA) is 94.2 Å². The van der Waals surface area contributed by atoms with E-state index in [9.17, 15) is 13.2 Å². The first kappa shape index (κ1) is 16.0. The first-order valence-electron chi connectivity index (χ1n) is 5.64. The van der Waals surface area contributed by atoms with E-state index in [-0.39, 0.29) is 10.8 Å². The second-order valence-electron chi connectivity index (χ2n) is 4.30. The van der Waals surface area contributed by atoms with Crippen molar-refractivity contribution >= 4 is 49.1 Å². The molecule has 0 spiro atoms. The largest absolute Gasteiger partial charge is 0.345 e. The quantitative estimate of drug-likeness (QED) is 0.839. The molecule has 1 aromatic heterocycles. The van der Waals surface area contributed by atoms with Gasteiger partial charge in [-0.2, -0.15) is 0 Å². The number of nitrogens with two attached hydrogens (primary N) is 1. The Bertz CT molecular complexity index is 817. The number of aromatic nitrogens is 1. The Kier molecular flexibility index (Phi) is 4.43. The summed E-state index contributed by atoms with van der Waals surface area (Å²) in [6.45, 7) is 0. The smallest absolute Gasteiger partial charge is 0.272 e. The van der Waals surface area contributed by atoms with E-state index >= 15 is 0 Å². The van der Waals surface area contributed by atoms with E-state index in [1.165, 1.54) is 24.3 Å². The van der Waals surface area contributed by atoms with Crippen LogP contribution in [0.5, 0.6) is 0 Å². The zero-order valence-corrected chi connectivity index (χ0v) is 14.0. The number of primary sulfonamides is 1. The van der Waals surface area contributed by atoms with E-state index in [1.54, 1.807) is 17.8 Å². The molecular formula is C12H11BrClN3O3S.